The van der Waals surface area contributed by atoms with Crippen molar-refractivity contribution in [1.82, 2.24) is 4.90 Å². The fraction of sp³-hybridized carbons (Fsp3) is 0.529. The molecule has 0 radical (unpaired) electrons. The predicted molar refractivity (Wildman–Crippen MR) is 89.2 cm³/mol. The van der Waals surface area contributed by atoms with E-state index < -0.39 is 17.6 Å². The minimum Gasteiger partial charge on any atom is -0.376 e. The molecule has 0 spiro atoms. The van der Waals surface area contributed by atoms with Crippen LogP contribution in [0.4, 0.5) is 24.5 Å². The number of hydrogen-bond donors (Lipinski definition) is 2. The summed E-state index contributed by atoms with van der Waals surface area (Å²) in [6.07, 6.45) is -2.63. The van der Waals surface area contributed by atoms with E-state index in [0.29, 0.717) is 19.0 Å². The molecule has 0 bridgehead atoms. The van der Waals surface area contributed by atoms with Crippen LogP contribution in [0.15, 0.2) is 18.2 Å². The van der Waals surface area contributed by atoms with Crippen molar-refractivity contribution in [3.63, 3.8) is 0 Å². The lowest BCUT2D eigenvalue weighted by Crippen LogP contribution is -2.42. The average molecular weight is 357 g/mol. The van der Waals surface area contributed by atoms with Gasteiger partial charge in [-0.15, -0.1) is 0 Å². The van der Waals surface area contributed by atoms with Crippen LogP contribution < -0.4 is 10.6 Å². The summed E-state index contributed by atoms with van der Waals surface area (Å²) < 4.78 is 39.7. The maximum atomic E-state index is 13.2. The van der Waals surface area contributed by atoms with Crippen molar-refractivity contribution >= 4 is 23.2 Å². The fourth-order valence-corrected chi connectivity index (χ4v) is 2.91. The van der Waals surface area contributed by atoms with Crippen LogP contribution in [0.1, 0.15) is 32.3 Å². The number of nitrogens with one attached hydrogen (secondary N) is 2. The van der Waals surface area contributed by atoms with Gasteiger partial charge < -0.3 is 15.5 Å². The molecule has 1 atom stereocenters. The second-order valence-corrected chi connectivity index (χ2v) is 6.38. The van der Waals surface area contributed by atoms with Crippen LogP contribution in [0.25, 0.3) is 0 Å². The topological polar surface area (TPSA) is 61.4 Å². The minimum absolute atomic E-state index is 0.0570. The smallest absolute Gasteiger partial charge is 0.376 e. The van der Waals surface area contributed by atoms with Crippen LogP contribution in [-0.4, -0.2) is 36.3 Å². The van der Waals surface area contributed by atoms with E-state index >= 15 is 0 Å². The summed E-state index contributed by atoms with van der Waals surface area (Å²) in [5, 5.41) is 4.91. The summed E-state index contributed by atoms with van der Waals surface area (Å²) in [7, 11) is 0. The number of piperidine rings is 1. The highest BCUT2D eigenvalue weighted by Crippen LogP contribution is 2.36. The molecule has 1 aromatic rings. The summed E-state index contributed by atoms with van der Waals surface area (Å²) in [6, 6.07) is 3.45. The second-order valence-electron chi connectivity index (χ2n) is 6.38. The third-order valence-electron chi connectivity index (χ3n) is 4.09. The molecule has 0 aliphatic carbocycles. The fourth-order valence-electron chi connectivity index (χ4n) is 2.91. The van der Waals surface area contributed by atoms with Gasteiger partial charge in [-0.3, -0.25) is 9.59 Å². The number of carbonyl (C=O) groups is 2. The highest BCUT2D eigenvalue weighted by Gasteiger charge is 2.34. The van der Waals surface area contributed by atoms with Gasteiger partial charge in [0.05, 0.1) is 12.1 Å². The Morgan fingerprint density at radius 1 is 1.32 bits per heavy atom. The molecule has 1 fully saturated rings. The molecule has 2 amide bonds. The Balaban J connectivity index is 2.10. The predicted octanol–water partition coefficient (Wildman–Crippen LogP) is 3.33. The van der Waals surface area contributed by atoms with Crippen LogP contribution in [0.2, 0.25) is 0 Å². The van der Waals surface area contributed by atoms with E-state index in [-0.39, 0.29) is 23.8 Å². The monoisotopic (exact) mass is 357 g/mol. The average Bonchev–Trinajstić information content (AvgIpc) is 2.51. The van der Waals surface area contributed by atoms with Gasteiger partial charge in [0, 0.05) is 31.4 Å². The molecule has 8 heteroatoms. The highest BCUT2D eigenvalue weighted by molar-refractivity contribution is 5.89. The number of amides is 2. The lowest BCUT2D eigenvalue weighted by atomic mass is 10.0. The molecule has 0 aromatic heterocycles. The van der Waals surface area contributed by atoms with Crippen molar-refractivity contribution in [1.29, 1.82) is 0 Å². The van der Waals surface area contributed by atoms with Gasteiger partial charge in [0.15, 0.2) is 0 Å². The molecule has 1 saturated heterocycles. The molecule has 5 nitrogen and oxygen atoms in total. The summed E-state index contributed by atoms with van der Waals surface area (Å²) in [5.74, 6) is -0.269. The molecule has 1 heterocycles. The van der Waals surface area contributed by atoms with E-state index in [9.17, 15) is 22.8 Å². The Morgan fingerprint density at radius 2 is 2.04 bits per heavy atom. The standard InChI is InChI=1S/C17H22F3N3O2/c1-11-4-3-7-23(10-11)16(25)9-21-15-6-5-13(22-12(2)24)8-14(15)17(18,19)20/h5-6,8,11,21H,3-4,7,9-10H2,1-2H3,(H,22,24). The first-order valence-electron chi connectivity index (χ1n) is 8.17. The molecule has 1 aliphatic rings. The number of benzene rings is 1. The molecule has 25 heavy (non-hydrogen) atoms. The number of halogens is 3. The van der Waals surface area contributed by atoms with Gasteiger partial charge in [-0.1, -0.05) is 6.92 Å². The molecule has 2 N–H and O–H groups in total. The van der Waals surface area contributed by atoms with E-state index in [2.05, 4.69) is 17.6 Å². The zero-order valence-electron chi connectivity index (χ0n) is 14.2. The number of nitrogens with zero attached hydrogens (tertiary/aromatic N) is 1. The number of carbonyl (C=O) groups excluding carboxylic acids is 2. The molecule has 138 valence electrons. The number of alkyl halides is 3. The maximum absolute atomic E-state index is 13.2. The van der Waals surface area contributed by atoms with E-state index in [1.807, 2.05) is 0 Å². The largest absolute Gasteiger partial charge is 0.418 e. The second kappa shape index (κ2) is 7.76. The Bertz CT molecular complexity index is 647. The zero-order chi connectivity index (χ0) is 18.6. The van der Waals surface area contributed by atoms with Gasteiger partial charge in [-0.05, 0) is 37.0 Å². The number of rotatable bonds is 4. The molecule has 2 rings (SSSR count). The van der Waals surface area contributed by atoms with Crippen molar-refractivity contribution in [2.24, 2.45) is 5.92 Å². The minimum atomic E-state index is -4.60. The molecule has 0 saturated carbocycles. The molecule has 1 unspecified atom stereocenters. The van der Waals surface area contributed by atoms with Gasteiger partial charge in [0.25, 0.3) is 0 Å². The van der Waals surface area contributed by atoms with E-state index in [1.54, 1.807) is 4.90 Å². The molecular weight excluding hydrogens is 335 g/mol. The summed E-state index contributed by atoms with van der Waals surface area (Å²) >= 11 is 0. The lowest BCUT2D eigenvalue weighted by Gasteiger charge is -2.31. The van der Waals surface area contributed by atoms with E-state index in [4.69, 9.17) is 0 Å². The first kappa shape index (κ1) is 19.1. The Labute approximate surface area is 144 Å². The van der Waals surface area contributed by atoms with Crippen LogP contribution in [0.5, 0.6) is 0 Å². The summed E-state index contributed by atoms with van der Waals surface area (Å²) in [4.78, 5) is 24.9. The first-order valence-corrected chi connectivity index (χ1v) is 8.17. The van der Waals surface area contributed by atoms with Crippen molar-refractivity contribution in [3.8, 4) is 0 Å². The third kappa shape index (κ3) is 5.37. The summed E-state index contributed by atoms with van der Waals surface area (Å²) in [5.41, 5.74) is -1.04. The van der Waals surface area contributed by atoms with Crippen LogP contribution >= 0.6 is 0 Å². The Hall–Kier alpha value is -2.25. The maximum Gasteiger partial charge on any atom is 0.418 e. The molecule has 1 aromatic carbocycles. The third-order valence-corrected chi connectivity index (χ3v) is 4.09. The van der Waals surface area contributed by atoms with Crippen LogP contribution in [0, 0.1) is 5.92 Å². The quantitative estimate of drug-likeness (QED) is 0.869. The van der Waals surface area contributed by atoms with Gasteiger partial charge >= 0.3 is 6.18 Å². The first-order chi connectivity index (χ1) is 11.7. The number of anilines is 2. The number of hydrogen-bond acceptors (Lipinski definition) is 3. The van der Waals surface area contributed by atoms with E-state index in [1.165, 1.54) is 19.1 Å². The van der Waals surface area contributed by atoms with Gasteiger partial charge in [-0.2, -0.15) is 13.2 Å². The SMILES string of the molecule is CC(=O)Nc1ccc(NCC(=O)N2CCCC(C)C2)c(C(F)(F)F)c1. The lowest BCUT2D eigenvalue weighted by molar-refractivity contribution is -0.137. The van der Waals surface area contributed by atoms with Gasteiger partial charge in [0.1, 0.15) is 0 Å². The summed E-state index contributed by atoms with van der Waals surface area (Å²) in [6.45, 7) is 4.34. The van der Waals surface area contributed by atoms with Crippen molar-refractivity contribution < 1.29 is 22.8 Å². The van der Waals surface area contributed by atoms with Crippen LogP contribution in [0.3, 0.4) is 0 Å². The zero-order valence-corrected chi connectivity index (χ0v) is 14.2. The van der Waals surface area contributed by atoms with E-state index in [0.717, 1.165) is 18.9 Å². The highest BCUT2D eigenvalue weighted by atomic mass is 19.4. The van der Waals surface area contributed by atoms with Gasteiger partial charge in [-0.25, -0.2) is 0 Å². The van der Waals surface area contributed by atoms with Crippen molar-refractivity contribution in [3.05, 3.63) is 23.8 Å². The van der Waals surface area contributed by atoms with Crippen molar-refractivity contribution in [2.75, 3.05) is 30.3 Å². The number of likely N-dealkylation sites (tertiary alicyclic amines) is 1. The Kier molecular flexibility index (Phi) is 5.92. The Morgan fingerprint density at radius 3 is 2.64 bits per heavy atom. The van der Waals surface area contributed by atoms with Crippen molar-refractivity contribution in [2.45, 2.75) is 32.9 Å². The molecular formula is C17H22F3N3O2. The van der Waals surface area contributed by atoms with Crippen LogP contribution in [-0.2, 0) is 15.8 Å². The van der Waals surface area contributed by atoms with Gasteiger partial charge in [0.2, 0.25) is 11.8 Å². The molecule has 1 aliphatic heterocycles. The normalized spacial score (nSPS) is 18.0.